The minimum absolute atomic E-state index is 0.120. The molecule has 0 saturated carbocycles. The monoisotopic (exact) mass is 755 g/mol. The molecule has 3 fully saturated rings. The Hall–Kier alpha value is -1.70. The predicted octanol–water partition coefficient (Wildman–Crippen LogP) is 3.21. The van der Waals surface area contributed by atoms with E-state index in [1.165, 1.54) is 13.8 Å². The number of ether oxygens (including phenoxy) is 6. The van der Waals surface area contributed by atoms with E-state index in [4.69, 9.17) is 34.8 Å². The van der Waals surface area contributed by atoms with Crippen LogP contribution >= 0.6 is 0 Å². The van der Waals surface area contributed by atoms with Gasteiger partial charge in [-0.2, -0.15) is 0 Å². The van der Waals surface area contributed by atoms with Crippen molar-refractivity contribution in [2.45, 2.75) is 186 Å². The smallest absolute Gasteiger partial charge is 0.311 e. The maximum absolute atomic E-state index is 14.1. The first-order valence-corrected chi connectivity index (χ1v) is 19.4. The predicted molar refractivity (Wildman–Crippen MR) is 197 cm³/mol. The number of esters is 1. The summed E-state index contributed by atoms with van der Waals surface area (Å²) in [5, 5.41) is 47.2. The van der Waals surface area contributed by atoms with Gasteiger partial charge in [-0.3, -0.25) is 14.5 Å². The van der Waals surface area contributed by atoms with Crippen LogP contribution in [0.2, 0.25) is 0 Å². The molecule has 0 radical (unpaired) electrons. The van der Waals surface area contributed by atoms with E-state index in [9.17, 15) is 30.0 Å². The first kappa shape index (κ1) is 45.7. The lowest BCUT2D eigenvalue weighted by Crippen LogP contribution is -2.61. The zero-order valence-corrected chi connectivity index (χ0v) is 34.1. The standard InChI is InChI=1S/C40H69NO12/c1-14-16-17-41(12)28-18-23(4)50-37(32(28)43)53-35-26(7)33(52-30-21-38(9,48-13)20-24(5)49-30)27(8)36(45)51-29(15-2)40(11,47)34(44)25(6)31(42)22(3)19-39(35,10)46/h1,22-30,32-35,37,43-44,46-47H,15-21H2,2-13H3/t22-,23-,24+,25+,26+,27-,28+,29-,30?,32-,33+,34-,35-,37+,38+,39-,40-/m1/s1. The van der Waals surface area contributed by atoms with E-state index in [1.807, 2.05) is 32.7 Å². The average Bonchev–Trinajstić information content (AvgIpc) is 3.08. The second kappa shape index (κ2) is 18.5. The Morgan fingerprint density at radius 1 is 0.943 bits per heavy atom. The Bertz CT molecular complexity index is 1250. The minimum Gasteiger partial charge on any atom is -0.459 e. The lowest BCUT2D eigenvalue weighted by Gasteiger charge is -2.48. The van der Waals surface area contributed by atoms with Crippen LogP contribution in [-0.2, 0) is 38.0 Å². The zero-order chi connectivity index (χ0) is 40.2. The highest BCUT2D eigenvalue weighted by atomic mass is 16.7. The fourth-order valence-corrected chi connectivity index (χ4v) is 8.79. The molecular weight excluding hydrogens is 686 g/mol. The van der Waals surface area contributed by atoms with Crippen LogP contribution in [0.15, 0.2) is 0 Å². The number of nitrogens with zero attached hydrogens (tertiary/aromatic N) is 1. The number of rotatable bonds is 9. The number of methoxy groups -OCH3 is 1. The van der Waals surface area contributed by atoms with Crippen LogP contribution < -0.4 is 0 Å². The van der Waals surface area contributed by atoms with Crippen molar-refractivity contribution in [3.8, 4) is 12.3 Å². The molecule has 1 unspecified atom stereocenters. The largest absolute Gasteiger partial charge is 0.459 e. The number of aliphatic hydroxyl groups excluding tert-OH is 2. The molecule has 0 amide bonds. The van der Waals surface area contributed by atoms with Crippen LogP contribution in [0.5, 0.6) is 0 Å². The molecule has 0 aromatic rings. The highest BCUT2D eigenvalue weighted by Gasteiger charge is 2.52. The van der Waals surface area contributed by atoms with Crippen LogP contribution in [0.3, 0.4) is 0 Å². The van der Waals surface area contributed by atoms with Gasteiger partial charge in [0.25, 0.3) is 0 Å². The van der Waals surface area contributed by atoms with Crippen molar-refractivity contribution in [2.24, 2.45) is 23.7 Å². The van der Waals surface area contributed by atoms with Gasteiger partial charge in [0.15, 0.2) is 12.6 Å². The van der Waals surface area contributed by atoms with Gasteiger partial charge in [-0.1, -0.05) is 27.7 Å². The third kappa shape index (κ3) is 10.8. The number of Topliss-reactive ketones (excluding diaryl/α,β-unsaturated/α-hetero) is 1. The first-order chi connectivity index (χ1) is 24.5. The molecule has 3 saturated heterocycles. The molecule has 3 aliphatic rings. The third-order valence-electron chi connectivity index (χ3n) is 12.1. The van der Waals surface area contributed by atoms with E-state index >= 15 is 0 Å². The van der Waals surface area contributed by atoms with E-state index in [2.05, 4.69) is 5.92 Å². The number of carbonyl (C=O) groups excluding carboxylic acids is 2. The van der Waals surface area contributed by atoms with Crippen LogP contribution in [0.1, 0.15) is 108 Å². The molecule has 0 aliphatic carbocycles. The van der Waals surface area contributed by atoms with Crippen molar-refractivity contribution in [1.82, 2.24) is 4.90 Å². The van der Waals surface area contributed by atoms with Crippen LogP contribution in [-0.4, -0.2) is 136 Å². The molecule has 53 heavy (non-hydrogen) atoms. The highest BCUT2D eigenvalue weighted by molar-refractivity contribution is 5.83. The van der Waals surface area contributed by atoms with Gasteiger partial charge in [0.05, 0.1) is 47.6 Å². The Labute approximate surface area is 317 Å². The molecule has 3 aliphatic heterocycles. The fraction of sp³-hybridized carbons (Fsp3) is 0.900. The summed E-state index contributed by atoms with van der Waals surface area (Å²) in [6.45, 7) is 17.5. The van der Waals surface area contributed by atoms with Crippen LogP contribution in [0.25, 0.3) is 0 Å². The normalized spacial score (nSPS) is 46.7. The number of ketones is 1. The second-order valence-electron chi connectivity index (χ2n) is 16.9. The topological polar surface area (TPSA) is 174 Å². The van der Waals surface area contributed by atoms with E-state index < -0.39 is 95.3 Å². The number of aliphatic hydroxyl groups is 4. The van der Waals surface area contributed by atoms with Crippen LogP contribution in [0.4, 0.5) is 0 Å². The SMILES string of the molecule is C#CCCN(C)[C@H]1C[C@@H](C)O[C@@H](O[C@@H]2[C@@H](C)[C@H](OC3C[C@@](C)(OC)C[C@H](C)O3)[C@@H](C)C(=O)O[C@H](CC)[C@@](C)(O)[C@H](O)[C@@H](C)C(=O)[C@H](C)C[C@@]2(C)O)[C@@H]1O. The van der Waals surface area contributed by atoms with E-state index in [0.717, 1.165) is 0 Å². The molecule has 17 atom stereocenters. The highest BCUT2D eigenvalue weighted by Crippen LogP contribution is 2.40. The van der Waals surface area contributed by atoms with Crippen molar-refractivity contribution >= 4 is 11.8 Å². The summed E-state index contributed by atoms with van der Waals surface area (Å²) in [5.41, 5.74) is -4.33. The van der Waals surface area contributed by atoms with Gasteiger partial charge in [0.2, 0.25) is 0 Å². The number of cyclic esters (lactones) is 1. The summed E-state index contributed by atoms with van der Waals surface area (Å²) in [4.78, 5) is 30.0. The summed E-state index contributed by atoms with van der Waals surface area (Å²) in [6.07, 6.45) is -1.17. The Morgan fingerprint density at radius 3 is 2.17 bits per heavy atom. The summed E-state index contributed by atoms with van der Waals surface area (Å²) in [5.74, 6) is -2.18. The summed E-state index contributed by atoms with van der Waals surface area (Å²) >= 11 is 0. The summed E-state index contributed by atoms with van der Waals surface area (Å²) < 4.78 is 37.7. The minimum atomic E-state index is -1.98. The van der Waals surface area contributed by atoms with Gasteiger partial charge in [-0.05, 0) is 67.9 Å². The number of likely N-dealkylation sites (N-methyl/N-ethyl adjacent to an activating group) is 1. The molecule has 306 valence electrons. The maximum atomic E-state index is 14.1. The third-order valence-corrected chi connectivity index (χ3v) is 12.1. The maximum Gasteiger partial charge on any atom is 0.311 e. The number of hydrogen-bond donors (Lipinski definition) is 4. The molecule has 13 heteroatoms. The Kier molecular flexibility index (Phi) is 15.9. The average molecular weight is 756 g/mol. The molecule has 0 bridgehead atoms. The van der Waals surface area contributed by atoms with Gasteiger partial charge < -0.3 is 48.8 Å². The molecular formula is C40H69NO12. The fourth-order valence-electron chi connectivity index (χ4n) is 8.79. The van der Waals surface area contributed by atoms with Crippen molar-refractivity contribution in [3.05, 3.63) is 0 Å². The van der Waals surface area contributed by atoms with Gasteiger partial charge in [-0.25, -0.2) is 0 Å². The lowest BCUT2D eigenvalue weighted by atomic mass is 9.74. The van der Waals surface area contributed by atoms with Crippen molar-refractivity contribution in [2.75, 3.05) is 20.7 Å². The first-order valence-electron chi connectivity index (χ1n) is 19.4. The van der Waals surface area contributed by atoms with E-state index in [-0.39, 0.29) is 31.1 Å². The molecule has 3 rings (SSSR count). The second-order valence-corrected chi connectivity index (χ2v) is 16.9. The number of terminal acetylenes is 1. The number of hydrogen-bond acceptors (Lipinski definition) is 13. The lowest BCUT2D eigenvalue weighted by molar-refractivity contribution is -0.310. The Morgan fingerprint density at radius 2 is 1.58 bits per heavy atom. The van der Waals surface area contributed by atoms with Crippen LogP contribution in [0, 0.1) is 36.0 Å². The molecule has 0 aromatic carbocycles. The molecule has 4 N–H and O–H groups in total. The molecule has 0 spiro atoms. The van der Waals surface area contributed by atoms with Gasteiger partial charge >= 0.3 is 5.97 Å². The number of carbonyl (C=O) groups is 2. The van der Waals surface area contributed by atoms with Crippen molar-refractivity contribution < 1.29 is 58.4 Å². The quantitative estimate of drug-likeness (QED) is 0.200. The molecule has 0 aromatic heterocycles. The van der Waals surface area contributed by atoms with Gasteiger partial charge in [0.1, 0.15) is 23.6 Å². The zero-order valence-electron chi connectivity index (χ0n) is 34.1. The van der Waals surface area contributed by atoms with E-state index in [1.54, 1.807) is 41.7 Å². The van der Waals surface area contributed by atoms with Crippen molar-refractivity contribution in [3.63, 3.8) is 0 Å². The van der Waals surface area contributed by atoms with E-state index in [0.29, 0.717) is 32.2 Å². The molecule has 3 heterocycles. The van der Waals surface area contributed by atoms with Gasteiger partial charge in [-0.15, -0.1) is 12.3 Å². The summed E-state index contributed by atoms with van der Waals surface area (Å²) in [6, 6.07) is -0.373. The Balaban J connectivity index is 2.17. The molecule has 13 nitrogen and oxygen atoms in total. The summed E-state index contributed by atoms with van der Waals surface area (Å²) in [7, 11) is 3.50. The van der Waals surface area contributed by atoms with Crippen molar-refractivity contribution in [1.29, 1.82) is 0 Å². The van der Waals surface area contributed by atoms with Gasteiger partial charge in [0, 0.05) is 56.7 Å².